The van der Waals surface area contributed by atoms with E-state index in [9.17, 15) is 13.2 Å². The Kier molecular flexibility index (Phi) is 5.75. The lowest BCUT2D eigenvalue weighted by Gasteiger charge is -2.38. The fourth-order valence-electron chi connectivity index (χ4n) is 3.39. The molecule has 1 aromatic carbocycles. The van der Waals surface area contributed by atoms with Crippen molar-refractivity contribution >= 4 is 5.96 Å². The number of rotatable bonds is 5. The third kappa shape index (κ3) is 4.69. The monoisotopic (exact) mass is 369 g/mol. The van der Waals surface area contributed by atoms with Gasteiger partial charge in [-0.3, -0.25) is 4.99 Å². The first-order valence-electron chi connectivity index (χ1n) is 9.13. The second-order valence-electron chi connectivity index (χ2n) is 7.22. The minimum atomic E-state index is -4.34. The number of benzene rings is 1. The van der Waals surface area contributed by atoms with Crippen molar-refractivity contribution in [2.24, 2.45) is 10.9 Å². The molecule has 0 radical (unpaired) electrons. The summed E-state index contributed by atoms with van der Waals surface area (Å²) in [6.45, 7) is 2.51. The summed E-state index contributed by atoms with van der Waals surface area (Å²) in [5.41, 5.74) is -0.283. The van der Waals surface area contributed by atoms with Crippen molar-refractivity contribution < 1.29 is 17.9 Å². The molecule has 1 aliphatic heterocycles. The zero-order valence-corrected chi connectivity index (χ0v) is 15.0. The van der Waals surface area contributed by atoms with Gasteiger partial charge in [0.2, 0.25) is 0 Å². The minimum absolute atomic E-state index is 0.392. The second kappa shape index (κ2) is 7.86. The molecule has 1 aliphatic carbocycles. The van der Waals surface area contributed by atoms with Crippen LogP contribution in [0.2, 0.25) is 0 Å². The van der Waals surface area contributed by atoms with Gasteiger partial charge in [0.25, 0.3) is 0 Å². The first-order valence-corrected chi connectivity index (χ1v) is 9.13. The molecule has 2 N–H and O–H groups in total. The van der Waals surface area contributed by atoms with E-state index >= 15 is 0 Å². The van der Waals surface area contributed by atoms with Crippen LogP contribution in [0.25, 0.3) is 0 Å². The van der Waals surface area contributed by atoms with Crippen molar-refractivity contribution in [1.29, 1.82) is 0 Å². The number of halogens is 3. The van der Waals surface area contributed by atoms with Crippen molar-refractivity contribution in [2.45, 2.75) is 37.3 Å². The normalized spacial score (nSPS) is 20.7. The number of hydrogen-bond acceptors (Lipinski definition) is 2. The Balaban J connectivity index is 1.75. The summed E-state index contributed by atoms with van der Waals surface area (Å²) in [6.07, 6.45) is -0.482. The summed E-state index contributed by atoms with van der Waals surface area (Å²) in [6, 6.07) is 5.70. The summed E-state index contributed by atoms with van der Waals surface area (Å²) in [7, 11) is 1.71. The number of aliphatic imine (C=N–C) groups is 1. The molecule has 0 amide bonds. The number of alkyl halides is 3. The molecule has 0 atom stereocenters. The van der Waals surface area contributed by atoms with E-state index in [0.29, 0.717) is 50.0 Å². The van der Waals surface area contributed by atoms with Crippen LogP contribution in [0.1, 0.15) is 36.8 Å². The van der Waals surface area contributed by atoms with E-state index in [-0.39, 0.29) is 0 Å². The molecule has 1 saturated heterocycles. The number of guanidine groups is 1. The number of hydrogen-bond donors (Lipinski definition) is 2. The van der Waals surface area contributed by atoms with Gasteiger partial charge in [-0.2, -0.15) is 13.2 Å². The van der Waals surface area contributed by atoms with Crippen molar-refractivity contribution in [3.63, 3.8) is 0 Å². The van der Waals surface area contributed by atoms with E-state index in [1.54, 1.807) is 13.1 Å². The summed E-state index contributed by atoms with van der Waals surface area (Å²) in [4.78, 5) is 4.24. The molecule has 0 spiro atoms. The van der Waals surface area contributed by atoms with Crippen molar-refractivity contribution in [2.75, 3.05) is 33.4 Å². The minimum Gasteiger partial charge on any atom is -0.381 e. The molecule has 2 aliphatic rings. The van der Waals surface area contributed by atoms with Crippen LogP contribution >= 0.6 is 0 Å². The van der Waals surface area contributed by atoms with Gasteiger partial charge in [0.15, 0.2) is 5.96 Å². The lowest BCUT2D eigenvalue weighted by Crippen LogP contribution is -2.48. The molecule has 0 aromatic heterocycles. The molecular weight excluding hydrogens is 343 g/mol. The smallest absolute Gasteiger partial charge is 0.381 e. The van der Waals surface area contributed by atoms with E-state index in [1.165, 1.54) is 25.0 Å². The maximum absolute atomic E-state index is 13.1. The van der Waals surface area contributed by atoms with Gasteiger partial charge in [-0.05, 0) is 43.2 Å². The van der Waals surface area contributed by atoms with E-state index in [0.717, 1.165) is 12.6 Å². The summed E-state index contributed by atoms with van der Waals surface area (Å²) >= 11 is 0. The quantitative estimate of drug-likeness (QED) is 0.618. The fraction of sp³-hybridized carbons (Fsp3) is 0.632. The molecule has 1 heterocycles. The van der Waals surface area contributed by atoms with Gasteiger partial charge in [0.05, 0.1) is 5.56 Å². The second-order valence-corrected chi connectivity index (χ2v) is 7.22. The Morgan fingerprint density at radius 2 is 1.96 bits per heavy atom. The zero-order valence-electron chi connectivity index (χ0n) is 15.0. The number of nitrogens with zero attached hydrogens (tertiary/aromatic N) is 1. The molecule has 26 heavy (non-hydrogen) atoms. The summed E-state index contributed by atoms with van der Waals surface area (Å²) < 4.78 is 44.9. The van der Waals surface area contributed by atoms with Crippen LogP contribution in [-0.2, 0) is 16.3 Å². The predicted octanol–water partition coefficient (Wildman–Crippen LogP) is 3.33. The number of nitrogens with one attached hydrogen (secondary N) is 2. The lowest BCUT2D eigenvalue weighted by molar-refractivity contribution is -0.137. The van der Waals surface area contributed by atoms with Crippen LogP contribution in [0.3, 0.4) is 0 Å². The van der Waals surface area contributed by atoms with Crippen LogP contribution in [-0.4, -0.2) is 39.3 Å². The largest absolute Gasteiger partial charge is 0.416 e. The van der Waals surface area contributed by atoms with Crippen molar-refractivity contribution in [3.05, 3.63) is 35.4 Å². The highest BCUT2D eigenvalue weighted by Gasteiger charge is 2.37. The van der Waals surface area contributed by atoms with E-state index < -0.39 is 17.2 Å². The van der Waals surface area contributed by atoms with Gasteiger partial charge in [0.1, 0.15) is 0 Å². The Labute approximate surface area is 152 Å². The molecule has 0 unspecified atom stereocenters. The molecule has 144 valence electrons. The van der Waals surface area contributed by atoms with Gasteiger partial charge in [-0.15, -0.1) is 0 Å². The van der Waals surface area contributed by atoms with E-state index in [4.69, 9.17) is 4.74 Å². The van der Waals surface area contributed by atoms with Crippen LogP contribution in [0.15, 0.2) is 29.3 Å². The van der Waals surface area contributed by atoms with E-state index in [1.807, 2.05) is 0 Å². The van der Waals surface area contributed by atoms with Gasteiger partial charge < -0.3 is 15.4 Å². The molecule has 1 aromatic rings. The third-order valence-electron chi connectivity index (χ3n) is 5.33. The fourth-order valence-corrected chi connectivity index (χ4v) is 3.39. The van der Waals surface area contributed by atoms with Crippen LogP contribution in [0.5, 0.6) is 0 Å². The maximum Gasteiger partial charge on any atom is 0.416 e. The molecule has 0 bridgehead atoms. The van der Waals surface area contributed by atoms with Crippen LogP contribution < -0.4 is 10.6 Å². The van der Waals surface area contributed by atoms with Crippen LogP contribution in [0.4, 0.5) is 13.2 Å². The predicted molar refractivity (Wildman–Crippen MR) is 95.3 cm³/mol. The molecule has 4 nitrogen and oxygen atoms in total. The zero-order chi connectivity index (χ0) is 18.6. The van der Waals surface area contributed by atoms with Crippen molar-refractivity contribution in [1.82, 2.24) is 10.6 Å². The Bertz CT molecular complexity index is 635. The van der Waals surface area contributed by atoms with E-state index in [2.05, 4.69) is 15.6 Å². The Morgan fingerprint density at radius 1 is 1.23 bits per heavy atom. The average molecular weight is 369 g/mol. The lowest BCUT2D eigenvalue weighted by atomic mass is 9.73. The van der Waals surface area contributed by atoms with Gasteiger partial charge in [-0.25, -0.2) is 0 Å². The highest BCUT2D eigenvalue weighted by molar-refractivity contribution is 5.79. The molecule has 2 fully saturated rings. The standard InChI is InChI=1S/C19H26F3N3O/c1-23-17(24-12-14-5-6-14)25-13-18(7-9-26-10-8-18)15-3-2-4-16(11-15)19(20,21)22/h2-4,11,14H,5-10,12-13H2,1H3,(H2,23,24,25). The first kappa shape index (κ1) is 19.0. The van der Waals surface area contributed by atoms with Gasteiger partial charge in [0, 0.05) is 38.8 Å². The van der Waals surface area contributed by atoms with Gasteiger partial charge >= 0.3 is 6.18 Å². The molecule has 1 saturated carbocycles. The third-order valence-corrected chi connectivity index (χ3v) is 5.33. The Hall–Kier alpha value is -1.76. The summed E-state index contributed by atoms with van der Waals surface area (Å²) in [5, 5.41) is 6.62. The molecule has 7 heteroatoms. The first-order chi connectivity index (χ1) is 12.4. The van der Waals surface area contributed by atoms with Crippen molar-refractivity contribution in [3.8, 4) is 0 Å². The van der Waals surface area contributed by atoms with Gasteiger partial charge in [-0.1, -0.05) is 18.2 Å². The topological polar surface area (TPSA) is 45.7 Å². The maximum atomic E-state index is 13.1. The summed E-state index contributed by atoms with van der Waals surface area (Å²) in [5.74, 6) is 1.42. The number of ether oxygens (including phenoxy) is 1. The SMILES string of the molecule is CN=C(NCC1CC1)NCC1(c2cccc(C(F)(F)F)c2)CCOCC1. The highest BCUT2D eigenvalue weighted by Crippen LogP contribution is 2.37. The highest BCUT2D eigenvalue weighted by atomic mass is 19.4. The Morgan fingerprint density at radius 3 is 2.58 bits per heavy atom. The molecular formula is C19H26F3N3O. The average Bonchev–Trinajstić information content (AvgIpc) is 3.46. The van der Waals surface area contributed by atoms with Crippen LogP contribution in [0, 0.1) is 5.92 Å². The molecule has 3 rings (SSSR count).